The Bertz CT molecular complexity index is 386. The minimum atomic E-state index is 0.0585. The van der Waals surface area contributed by atoms with Crippen molar-refractivity contribution in [1.82, 2.24) is 4.90 Å². The summed E-state index contributed by atoms with van der Waals surface area (Å²) in [6.07, 6.45) is 0. The molecule has 0 radical (unpaired) electrons. The van der Waals surface area contributed by atoms with Gasteiger partial charge >= 0.3 is 0 Å². The number of nitrogens with two attached hydrogens (primary N) is 1. The van der Waals surface area contributed by atoms with Gasteiger partial charge in [0, 0.05) is 30.1 Å². The SMILES string of the molecule is CCOc1cccc(C(N)C2CSCCN2C)c1. The van der Waals surface area contributed by atoms with Crippen molar-refractivity contribution in [2.24, 2.45) is 5.73 Å². The molecule has 0 aliphatic carbocycles. The number of likely N-dealkylation sites (N-methyl/N-ethyl adjacent to an activating group) is 1. The maximum atomic E-state index is 6.41. The van der Waals surface area contributed by atoms with Crippen LogP contribution in [-0.2, 0) is 0 Å². The highest BCUT2D eigenvalue weighted by Crippen LogP contribution is 2.26. The molecule has 100 valence electrons. The minimum Gasteiger partial charge on any atom is -0.494 e. The number of thioether (sulfide) groups is 1. The second kappa shape index (κ2) is 6.45. The van der Waals surface area contributed by atoms with Crippen LogP contribution in [-0.4, -0.2) is 42.6 Å². The molecule has 1 aromatic carbocycles. The van der Waals surface area contributed by atoms with Crippen LogP contribution in [0.5, 0.6) is 5.75 Å². The first-order valence-electron chi connectivity index (χ1n) is 6.48. The monoisotopic (exact) mass is 266 g/mol. The first-order chi connectivity index (χ1) is 8.72. The van der Waals surface area contributed by atoms with Crippen molar-refractivity contribution in [2.75, 3.05) is 31.7 Å². The number of hydrogen-bond acceptors (Lipinski definition) is 4. The van der Waals surface area contributed by atoms with Crippen molar-refractivity contribution in [2.45, 2.75) is 19.0 Å². The highest BCUT2D eigenvalue weighted by atomic mass is 32.2. The first-order valence-corrected chi connectivity index (χ1v) is 7.64. The lowest BCUT2D eigenvalue weighted by atomic mass is 10.00. The number of nitrogens with zero attached hydrogens (tertiary/aromatic N) is 1. The summed E-state index contributed by atoms with van der Waals surface area (Å²) in [5.41, 5.74) is 7.58. The molecule has 2 atom stereocenters. The van der Waals surface area contributed by atoms with E-state index in [0.717, 1.165) is 18.0 Å². The standard InChI is InChI=1S/C14H22N2OS/c1-3-17-12-6-4-5-11(9-12)14(15)13-10-18-8-7-16(13)2/h4-6,9,13-14H,3,7-8,10,15H2,1-2H3. The maximum absolute atomic E-state index is 6.41. The molecule has 0 spiro atoms. The van der Waals surface area contributed by atoms with E-state index in [4.69, 9.17) is 10.5 Å². The quantitative estimate of drug-likeness (QED) is 0.906. The van der Waals surface area contributed by atoms with Crippen LogP contribution in [0.2, 0.25) is 0 Å². The van der Waals surface area contributed by atoms with E-state index in [1.54, 1.807) is 0 Å². The average molecular weight is 266 g/mol. The summed E-state index contributed by atoms with van der Waals surface area (Å²) in [7, 11) is 2.16. The average Bonchev–Trinajstić information content (AvgIpc) is 2.39. The molecule has 3 nitrogen and oxygen atoms in total. The van der Waals surface area contributed by atoms with Crippen LogP contribution < -0.4 is 10.5 Å². The molecule has 1 heterocycles. The molecule has 1 aliphatic rings. The van der Waals surface area contributed by atoms with Crippen LogP contribution in [0.25, 0.3) is 0 Å². The number of hydrogen-bond donors (Lipinski definition) is 1. The Morgan fingerprint density at radius 3 is 3.11 bits per heavy atom. The zero-order chi connectivity index (χ0) is 13.0. The lowest BCUT2D eigenvalue weighted by molar-refractivity contribution is 0.237. The van der Waals surface area contributed by atoms with Gasteiger partial charge in [-0.25, -0.2) is 0 Å². The van der Waals surface area contributed by atoms with Crippen LogP contribution in [0.4, 0.5) is 0 Å². The van der Waals surface area contributed by atoms with Gasteiger partial charge in [0.2, 0.25) is 0 Å². The molecule has 4 heteroatoms. The van der Waals surface area contributed by atoms with E-state index in [1.165, 1.54) is 11.3 Å². The van der Waals surface area contributed by atoms with E-state index in [1.807, 2.05) is 30.8 Å². The van der Waals surface area contributed by atoms with E-state index in [-0.39, 0.29) is 6.04 Å². The van der Waals surface area contributed by atoms with Crippen molar-refractivity contribution in [3.05, 3.63) is 29.8 Å². The van der Waals surface area contributed by atoms with E-state index in [0.29, 0.717) is 12.6 Å². The Morgan fingerprint density at radius 1 is 1.56 bits per heavy atom. The Morgan fingerprint density at radius 2 is 2.39 bits per heavy atom. The normalized spacial score (nSPS) is 22.7. The molecule has 18 heavy (non-hydrogen) atoms. The number of ether oxygens (including phenoxy) is 1. The molecule has 0 saturated carbocycles. The van der Waals surface area contributed by atoms with Gasteiger partial charge < -0.3 is 10.5 Å². The molecule has 1 saturated heterocycles. The summed E-state index contributed by atoms with van der Waals surface area (Å²) >= 11 is 1.99. The maximum Gasteiger partial charge on any atom is 0.119 e. The first kappa shape index (κ1) is 13.7. The van der Waals surface area contributed by atoms with Crippen LogP contribution in [0.1, 0.15) is 18.5 Å². The van der Waals surface area contributed by atoms with Gasteiger partial charge in [0.1, 0.15) is 5.75 Å². The Labute approximate surface area is 114 Å². The summed E-state index contributed by atoms with van der Waals surface area (Å²) in [5.74, 6) is 3.23. The van der Waals surface area contributed by atoms with E-state index in [9.17, 15) is 0 Å². The van der Waals surface area contributed by atoms with Gasteiger partial charge in [0.15, 0.2) is 0 Å². The highest BCUT2D eigenvalue weighted by Gasteiger charge is 2.26. The van der Waals surface area contributed by atoms with Gasteiger partial charge in [0.25, 0.3) is 0 Å². The van der Waals surface area contributed by atoms with Crippen molar-refractivity contribution >= 4 is 11.8 Å². The third-order valence-electron chi connectivity index (χ3n) is 3.41. The summed E-state index contributed by atoms with van der Waals surface area (Å²) in [6.45, 7) is 3.81. The van der Waals surface area contributed by atoms with Crippen molar-refractivity contribution < 1.29 is 4.74 Å². The number of rotatable bonds is 4. The fourth-order valence-corrected chi connectivity index (χ4v) is 3.57. The lowest BCUT2D eigenvalue weighted by Crippen LogP contribution is -2.46. The lowest BCUT2D eigenvalue weighted by Gasteiger charge is -2.36. The van der Waals surface area contributed by atoms with Crippen molar-refractivity contribution in [3.63, 3.8) is 0 Å². The van der Waals surface area contributed by atoms with Gasteiger partial charge in [-0.15, -0.1) is 0 Å². The highest BCUT2D eigenvalue weighted by molar-refractivity contribution is 7.99. The largest absolute Gasteiger partial charge is 0.494 e. The smallest absolute Gasteiger partial charge is 0.119 e. The molecule has 2 N–H and O–H groups in total. The molecular formula is C14H22N2OS. The van der Waals surface area contributed by atoms with Crippen molar-refractivity contribution in [1.29, 1.82) is 0 Å². The summed E-state index contributed by atoms with van der Waals surface area (Å²) in [4.78, 5) is 2.37. The van der Waals surface area contributed by atoms with Crippen molar-refractivity contribution in [3.8, 4) is 5.75 Å². The predicted molar refractivity (Wildman–Crippen MR) is 78.3 cm³/mol. The van der Waals surface area contributed by atoms with Gasteiger partial charge in [-0.05, 0) is 31.7 Å². The molecule has 0 bridgehead atoms. The molecule has 2 rings (SSSR count). The van der Waals surface area contributed by atoms with Gasteiger partial charge in [-0.3, -0.25) is 4.90 Å². The van der Waals surface area contributed by atoms with Gasteiger partial charge in [-0.1, -0.05) is 12.1 Å². The molecule has 1 fully saturated rings. The van der Waals surface area contributed by atoms with Crippen LogP contribution >= 0.6 is 11.8 Å². The molecule has 1 aromatic rings. The van der Waals surface area contributed by atoms with Gasteiger partial charge in [0.05, 0.1) is 6.61 Å². The van der Waals surface area contributed by atoms with Crippen LogP contribution in [0.15, 0.2) is 24.3 Å². The fraction of sp³-hybridized carbons (Fsp3) is 0.571. The Kier molecular flexibility index (Phi) is 4.92. The third kappa shape index (κ3) is 3.19. The Balaban J connectivity index is 2.11. The second-order valence-corrected chi connectivity index (χ2v) is 5.80. The molecule has 0 aromatic heterocycles. The molecule has 0 amide bonds. The molecule has 2 unspecified atom stereocenters. The molecular weight excluding hydrogens is 244 g/mol. The fourth-order valence-electron chi connectivity index (χ4n) is 2.28. The topological polar surface area (TPSA) is 38.5 Å². The molecule has 1 aliphatic heterocycles. The summed E-state index contributed by atoms with van der Waals surface area (Å²) in [6, 6.07) is 8.65. The van der Waals surface area contributed by atoms with E-state index in [2.05, 4.69) is 24.1 Å². The summed E-state index contributed by atoms with van der Waals surface area (Å²) in [5, 5.41) is 0. The zero-order valence-corrected chi connectivity index (χ0v) is 12.0. The van der Waals surface area contributed by atoms with Gasteiger partial charge in [-0.2, -0.15) is 11.8 Å². The predicted octanol–water partition coefficient (Wildman–Crippen LogP) is 2.13. The van der Waals surface area contributed by atoms with E-state index >= 15 is 0 Å². The minimum absolute atomic E-state index is 0.0585. The zero-order valence-electron chi connectivity index (χ0n) is 11.1. The third-order valence-corrected chi connectivity index (χ3v) is 4.46. The van der Waals surface area contributed by atoms with Crippen LogP contribution in [0.3, 0.4) is 0 Å². The van der Waals surface area contributed by atoms with Crippen LogP contribution in [0, 0.1) is 0 Å². The number of benzene rings is 1. The Hall–Kier alpha value is -0.710. The summed E-state index contributed by atoms with van der Waals surface area (Å²) < 4.78 is 5.54. The second-order valence-electron chi connectivity index (χ2n) is 4.65. The van der Waals surface area contributed by atoms with E-state index < -0.39 is 0 Å².